The van der Waals surface area contributed by atoms with Gasteiger partial charge in [0.25, 0.3) is 0 Å². The second-order valence-electron chi connectivity index (χ2n) is 5.35. The number of nitrogens with zero attached hydrogens (tertiary/aromatic N) is 1. The zero-order valence-corrected chi connectivity index (χ0v) is 11.9. The molecule has 2 rings (SSSR count). The van der Waals surface area contributed by atoms with E-state index in [1.54, 1.807) is 0 Å². The highest BCUT2D eigenvalue weighted by atomic mass is 14.7. The molecule has 0 saturated heterocycles. The number of aryl methyl sites for hydroxylation is 3. The second kappa shape index (κ2) is 4.93. The summed E-state index contributed by atoms with van der Waals surface area (Å²) in [6.45, 7) is 10.8. The Morgan fingerprint density at radius 2 is 1.72 bits per heavy atom. The molecule has 0 atom stereocenters. The molecule has 0 N–H and O–H groups in total. The van der Waals surface area contributed by atoms with E-state index in [0.29, 0.717) is 5.92 Å². The first-order valence-corrected chi connectivity index (χ1v) is 6.54. The number of hydrogen-bond donors (Lipinski definition) is 0. The summed E-state index contributed by atoms with van der Waals surface area (Å²) in [5, 5.41) is 0. The Morgan fingerprint density at radius 3 is 2.33 bits per heavy atom. The average molecular weight is 239 g/mol. The van der Waals surface area contributed by atoms with E-state index in [1.165, 1.54) is 27.9 Å². The molecule has 0 unspecified atom stereocenters. The molecule has 1 nitrogen and oxygen atoms in total. The van der Waals surface area contributed by atoms with Gasteiger partial charge in [-0.15, -0.1) is 0 Å². The highest BCUT2D eigenvalue weighted by molar-refractivity contribution is 5.68. The Labute approximate surface area is 110 Å². The van der Waals surface area contributed by atoms with Gasteiger partial charge in [0.2, 0.25) is 0 Å². The molecule has 0 saturated carbocycles. The number of benzene rings is 1. The van der Waals surface area contributed by atoms with Crippen LogP contribution in [-0.4, -0.2) is 4.98 Å². The van der Waals surface area contributed by atoms with Crippen LogP contribution in [0.2, 0.25) is 0 Å². The monoisotopic (exact) mass is 239 g/mol. The molecule has 0 spiro atoms. The Hall–Kier alpha value is -1.63. The van der Waals surface area contributed by atoms with Gasteiger partial charge in [-0.2, -0.15) is 0 Å². The molecule has 0 radical (unpaired) electrons. The molecule has 0 fully saturated rings. The summed E-state index contributed by atoms with van der Waals surface area (Å²) in [4.78, 5) is 4.78. The summed E-state index contributed by atoms with van der Waals surface area (Å²) in [7, 11) is 0. The van der Waals surface area contributed by atoms with E-state index in [-0.39, 0.29) is 0 Å². The minimum atomic E-state index is 0.444. The van der Waals surface area contributed by atoms with Gasteiger partial charge in [-0.05, 0) is 43.9 Å². The van der Waals surface area contributed by atoms with E-state index in [0.717, 1.165) is 5.69 Å². The van der Waals surface area contributed by atoms with Crippen LogP contribution in [0.4, 0.5) is 0 Å². The summed E-state index contributed by atoms with van der Waals surface area (Å²) in [6.07, 6.45) is 0. The van der Waals surface area contributed by atoms with Crippen LogP contribution in [0.5, 0.6) is 0 Å². The lowest BCUT2D eigenvalue weighted by Gasteiger charge is -2.15. The van der Waals surface area contributed by atoms with E-state index >= 15 is 0 Å². The summed E-state index contributed by atoms with van der Waals surface area (Å²) >= 11 is 0. The maximum Gasteiger partial charge on any atom is 0.0510 e. The van der Waals surface area contributed by atoms with Crippen LogP contribution in [0.3, 0.4) is 0 Å². The van der Waals surface area contributed by atoms with Crippen LogP contribution in [0.15, 0.2) is 30.3 Å². The average Bonchev–Trinajstić information content (AvgIpc) is 2.31. The molecule has 0 aliphatic carbocycles. The molecule has 18 heavy (non-hydrogen) atoms. The van der Waals surface area contributed by atoms with Crippen molar-refractivity contribution in [3.05, 3.63) is 52.8 Å². The van der Waals surface area contributed by atoms with Gasteiger partial charge in [-0.3, -0.25) is 4.98 Å². The highest BCUT2D eigenvalue weighted by Gasteiger charge is 2.12. The lowest BCUT2D eigenvalue weighted by molar-refractivity contribution is 0.815. The van der Waals surface area contributed by atoms with E-state index in [9.17, 15) is 0 Å². The Bertz CT molecular complexity index is 568. The van der Waals surface area contributed by atoms with Crippen LogP contribution in [0.1, 0.15) is 42.3 Å². The van der Waals surface area contributed by atoms with Crippen molar-refractivity contribution in [3.63, 3.8) is 0 Å². The van der Waals surface area contributed by atoms with Crippen LogP contribution in [-0.2, 0) is 0 Å². The van der Waals surface area contributed by atoms with Crippen molar-refractivity contribution in [1.29, 1.82) is 0 Å². The largest absolute Gasteiger partial charge is 0.257 e. The number of hydrogen-bond acceptors (Lipinski definition) is 1. The van der Waals surface area contributed by atoms with Crippen molar-refractivity contribution in [2.75, 3.05) is 0 Å². The van der Waals surface area contributed by atoms with Crippen molar-refractivity contribution in [2.24, 2.45) is 0 Å². The minimum Gasteiger partial charge on any atom is -0.257 e. The molecule has 1 heterocycles. The van der Waals surface area contributed by atoms with E-state index in [4.69, 9.17) is 4.98 Å². The van der Waals surface area contributed by atoms with Gasteiger partial charge < -0.3 is 0 Å². The molecule has 0 aliphatic heterocycles. The van der Waals surface area contributed by atoms with E-state index in [1.807, 2.05) is 0 Å². The van der Waals surface area contributed by atoms with Crippen LogP contribution >= 0.6 is 0 Å². The standard InChI is InChI=1S/C17H21N/c1-11(2)17-16(10-13(4)14(5)18-17)15-8-6-7-12(3)9-15/h6-11H,1-5H3. The number of rotatable bonds is 2. The summed E-state index contributed by atoms with van der Waals surface area (Å²) < 4.78 is 0. The quantitative estimate of drug-likeness (QED) is 0.733. The molecular weight excluding hydrogens is 218 g/mol. The van der Waals surface area contributed by atoms with Crippen molar-refractivity contribution in [2.45, 2.75) is 40.5 Å². The van der Waals surface area contributed by atoms with Gasteiger partial charge in [0.15, 0.2) is 0 Å². The fourth-order valence-electron chi connectivity index (χ4n) is 2.21. The van der Waals surface area contributed by atoms with E-state index in [2.05, 4.69) is 65.0 Å². The Kier molecular flexibility index (Phi) is 3.51. The van der Waals surface area contributed by atoms with Crippen molar-refractivity contribution in [3.8, 4) is 11.1 Å². The fraction of sp³-hybridized carbons (Fsp3) is 0.353. The highest BCUT2D eigenvalue weighted by Crippen LogP contribution is 2.29. The number of pyridine rings is 1. The molecule has 1 heteroatoms. The molecular formula is C17H21N. The minimum absolute atomic E-state index is 0.444. The van der Waals surface area contributed by atoms with E-state index < -0.39 is 0 Å². The van der Waals surface area contributed by atoms with Crippen molar-refractivity contribution in [1.82, 2.24) is 4.98 Å². The maximum atomic E-state index is 4.78. The fourth-order valence-corrected chi connectivity index (χ4v) is 2.21. The van der Waals surface area contributed by atoms with Crippen LogP contribution in [0, 0.1) is 20.8 Å². The zero-order chi connectivity index (χ0) is 13.3. The summed E-state index contributed by atoms with van der Waals surface area (Å²) in [5.74, 6) is 0.444. The topological polar surface area (TPSA) is 12.9 Å². The lowest BCUT2D eigenvalue weighted by Crippen LogP contribution is -2.01. The lowest BCUT2D eigenvalue weighted by atomic mass is 9.94. The van der Waals surface area contributed by atoms with Gasteiger partial charge in [-0.25, -0.2) is 0 Å². The molecule has 0 bridgehead atoms. The SMILES string of the molecule is Cc1cccc(-c2cc(C)c(C)nc2C(C)C)c1. The third-order valence-corrected chi connectivity index (χ3v) is 3.37. The second-order valence-corrected chi connectivity index (χ2v) is 5.35. The van der Waals surface area contributed by atoms with Crippen molar-refractivity contribution < 1.29 is 0 Å². The first-order valence-electron chi connectivity index (χ1n) is 6.54. The first-order chi connectivity index (χ1) is 8.49. The molecule has 1 aromatic carbocycles. The zero-order valence-electron chi connectivity index (χ0n) is 11.9. The van der Waals surface area contributed by atoms with Gasteiger partial charge in [0.05, 0.1) is 5.69 Å². The Morgan fingerprint density at radius 1 is 1.00 bits per heavy atom. The van der Waals surface area contributed by atoms with Gasteiger partial charge in [-0.1, -0.05) is 43.7 Å². The molecule has 0 aliphatic rings. The number of aromatic nitrogens is 1. The summed E-state index contributed by atoms with van der Waals surface area (Å²) in [5.41, 5.74) is 7.43. The smallest absolute Gasteiger partial charge is 0.0510 e. The Balaban J connectivity index is 2.66. The van der Waals surface area contributed by atoms with Crippen LogP contribution in [0.25, 0.3) is 11.1 Å². The van der Waals surface area contributed by atoms with Crippen LogP contribution < -0.4 is 0 Å². The third-order valence-electron chi connectivity index (χ3n) is 3.37. The summed E-state index contributed by atoms with van der Waals surface area (Å²) in [6, 6.07) is 10.9. The molecule has 2 aromatic rings. The predicted molar refractivity (Wildman–Crippen MR) is 78.0 cm³/mol. The normalized spacial score (nSPS) is 11.0. The van der Waals surface area contributed by atoms with Gasteiger partial charge in [0.1, 0.15) is 0 Å². The third kappa shape index (κ3) is 2.45. The molecule has 1 aromatic heterocycles. The van der Waals surface area contributed by atoms with Gasteiger partial charge in [0, 0.05) is 11.3 Å². The van der Waals surface area contributed by atoms with Crippen molar-refractivity contribution >= 4 is 0 Å². The first kappa shape index (κ1) is 12.8. The maximum absolute atomic E-state index is 4.78. The van der Waals surface area contributed by atoms with Gasteiger partial charge >= 0.3 is 0 Å². The molecule has 94 valence electrons. The molecule has 0 amide bonds. The predicted octanol–water partition coefficient (Wildman–Crippen LogP) is 4.80.